The maximum atomic E-state index is 12.9. The van der Waals surface area contributed by atoms with E-state index < -0.39 is 18.2 Å². The van der Waals surface area contributed by atoms with Crippen molar-refractivity contribution < 1.29 is 29.3 Å². The number of aliphatic hydroxyl groups excluding tert-OH is 2. The van der Waals surface area contributed by atoms with E-state index in [1.807, 2.05) is 18.2 Å². The van der Waals surface area contributed by atoms with Gasteiger partial charge in [-0.3, -0.25) is 9.59 Å². The molecule has 1 aliphatic rings. The fourth-order valence-corrected chi connectivity index (χ4v) is 4.06. The van der Waals surface area contributed by atoms with Gasteiger partial charge in [0.2, 0.25) is 11.8 Å². The van der Waals surface area contributed by atoms with Crippen LogP contribution in [-0.2, 0) is 14.3 Å². The van der Waals surface area contributed by atoms with Gasteiger partial charge in [0, 0.05) is 32.2 Å². The first-order valence-electron chi connectivity index (χ1n) is 10.8. The highest BCUT2D eigenvalue weighted by molar-refractivity contribution is 14.1. The van der Waals surface area contributed by atoms with Crippen molar-refractivity contribution in [3.05, 3.63) is 39.5 Å². The third-order valence-electron chi connectivity index (χ3n) is 5.25. The molecule has 0 spiro atoms. The van der Waals surface area contributed by atoms with Gasteiger partial charge in [0.15, 0.2) is 0 Å². The molecule has 2 rings (SSSR count). The van der Waals surface area contributed by atoms with E-state index in [0.29, 0.717) is 23.8 Å². The number of nitrogens with one attached hydrogen (secondary N) is 1. The van der Waals surface area contributed by atoms with Gasteiger partial charge in [-0.05, 0) is 53.1 Å². The van der Waals surface area contributed by atoms with Crippen LogP contribution in [0.5, 0.6) is 5.75 Å². The van der Waals surface area contributed by atoms with Crippen molar-refractivity contribution in [2.45, 2.75) is 44.9 Å². The van der Waals surface area contributed by atoms with E-state index >= 15 is 0 Å². The minimum atomic E-state index is -1.03. The van der Waals surface area contributed by atoms with Crippen molar-refractivity contribution >= 4 is 34.4 Å². The smallest absolute Gasteiger partial charge is 0.248 e. The summed E-state index contributed by atoms with van der Waals surface area (Å²) in [7, 11) is 1.45. The van der Waals surface area contributed by atoms with E-state index in [0.717, 1.165) is 9.99 Å². The molecule has 0 radical (unpaired) electrons. The van der Waals surface area contributed by atoms with Gasteiger partial charge in [-0.15, -0.1) is 0 Å². The highest BCUT2D eigenvalue weighted by atomic mass is 127. The molecular weight excluding hydrogens is 527 g/mol. The standard InChI is InChI=1S/C23H33IN2O6/c1-15(2)8-10-26(21(28)14-31-3)18-12-16(23(30)25-9-11-27)13-20(22(18)29)32-19-7-5-4-6-17(19)24/h4-7,13,15,18,20,22,27,29H,8-12,14H2,1-3H3,(H,25,30). The number of methoxy groups -OCH3 is 1. The Morgan fingerprint density at radius 3 is 2.66 bits per heavy atom. The lowest BCUT2D eigenvalue weighted by molar-refractivity contribution is -0.142. The maximum absolute atomic E-state index is 12.9. The molecule has 178 valence electrons. The minimum Gasteiger partial charge on any atom is -0.482 e. The van der Waals surface area contributed by atoms with Crippen LogP contribution in [0.2, 0.25) is 0 Å². The topological polar surface area (TPSA) is 108 Å². The molecule has 3 atom stereocenters. The zero-order chi connectivity index (χ0) is 23.7. The number of amides is 2. The van der Waals surface area contributed by atoms with Gasteiger partial charge in [-0.2, -0.15) is 0 Å². The number of carbonyl (C=O) groups is 2. The van der Waals surface area contributed by atoms with E-state index in [1.54, 1.807) is 17.0 Å². The van der Waals surface area contributed by atoms with Crippen LogP contribution in [0, 0.1) is 9.49 Å². The Bertz CT molecular complexity index is 800. The summed E-state index contributed by atoms with van der Waals surface area (Å²) >= 11 is 2.15. The summed E-state index contributed by atoms with van der Waals surface area (Å²) in [6, 6.07) is 6.75. The fourth-order valence-electron chi connectivity index (χ4n) is 3.55. The second-order valence-corrected chi connectivity index (χ2v) is 9.31. The molecule has 3 N–H and O–H groups in total. The quantitative estimate of drug-likeness (QED) is 0.356. The SMILES string of the molecule is COCC(=O)N(CCC(C)C)C1CC(C(=O)NCCO)=CC(Oc2ccccc2I)C1O. The second kappa shape index (κ2) is 13.1. The zero-order valence-corrected chi connectivity index (χ0v) is 20.9. The van der Waals surface area contributed by atoms with Crippen molar-refractivity contribution in [2.24, 2.45) is 5.92 Å². The van der Waals surface area contributed by atoms with Crippen LogP contribution < -0.4 is 10.1 Å². The third-order valence-corrected chi connectivity index (χ3v) is 6.14. The summed E-state index contributed by atoms with van der Waals surface area (Å²) in [5, 5.41) is 22.9. The number of rotatable bonds is 11. The van der Waals surface area contributed by atoms with Crippen LogP contribution in [0.3, 0.4) is 0 Å². The number of hydrogen-bond acceptors (Lipinski definition) is 6. The number of para-hydroxylation sites is 1. The molecule has 9 heteroatoms. The van der Waals surface area contributed by atoms with E-state index in [-0.39, 0.29) is 38.0 Å². The molecule has 8 nitrogen and oxygen atoms in total. The third kappa shape index (κ3) is 7.43. The minimum absolute atomic E-state index is 0.112. The summed E-state index contributed by atoms with van der Waals surface area (Å²) < 4.78 is 12.0. The predicted octanol–water partition coefficient (Wildman–Crippen LogP) is 1.73. The summed E-state index contributed by atoms with van der Waals surface area (Å²) in [4.78, 5) is 27.2. The Hall–Kier alpha value is -1.69. The van der Waals surface area contributed by atoms with Crippen LogP contribution in [0.1, 0.15) is 26.7 Å². The first-order valence-corrected chi connectivity index (χ1v) is 11.8. The molecule has 0 heterocycles. The zero-order valence-electron chi connectivity index (χ0n) is 18.8. The average molecular weight is 560 g/mol. The van der Waals surface area contributed by atoms with Gasteiger partial charge < -0.3 is 29.9 Å². The fraction of sp³-hybridized carbons (Fsp3) is 0.565. The number of ether oxygens (including phenoxy) is 2. The number of nitrogens with zero attached hydrogens (tertiary/aromatic N) is 1. The molecule has 0 fully saturated rings. The molecule has 0 aromatic heterocycles. The summed E-state index contributed by atoms with van der Waals surface area (Å²) in [6.07, 6.45) is 0.678. The van der Waals surface area contributed by atoms with Crippen LogP contribution in [-0.4, -0.2) is 78.6 Å². The van der Waals surface area contributed by atoms with Gasteiger partial charge in [0.1, 0.15) is 24.6 Å². The summed E-state index contributed by atoms with van der Waals surface area (Å²) in [5.74, 6) is 0.341. The van der Waals surface area contributed by atoms with Crippen molar-refractivity contribution in [3.63, 3.8) is 0 Å². The van der Waals surface area contributed by atoms with E-state index in [2.05, 4.69) is 41.8 Å². The number of halogens is 1. The second-order valence-electron chi connectivity index (χ2n) is 8.15. The highest BCUT2D eigenvalue weighted by Gasteiger charge is 2.40. The van der Waals surface area contributed by atoms with Gasteiger partial charge >= 0.3 is 0 Å². The summed E-state index contributed by atoms with van der Waals surface area (Å²) in [5.41, 5.74) is 0.407. The van der Waals surface area contributed by atoms with Gasteiger partial charge in [-0.25, -0.2) is 0 Å². The Morgan fingerprint density at radius 1 is 1.31 bits per heavy atom. The largest absolute Gasteiger partial charge is 0.482 e. The lowest BCUT2D eigenvalue weighted by atomic mass is 9.87. The monoisotopic (exact) mass is 560 g/mol. The molecule has 0 saturated carbocycles. The molecule has 1 aromatic rings. The van der Waals surface area contributed by atoms with Crippen LogP contribution in [0.15, 0.2) is 35.9 Å². The molecule has 0 aliphatic heterocycles. The number of aliphatic hydroxyl groups is 2. The van der Waals surface area contributed by atoms with Crippen molar-refractivity contribution in [2.75, 3.05) is 33.4 Å². The average Bonchev–Trinajstić information content (AvgIpc) is 2.75. The highest BCUT2D eigenvalue weighted by Crippen LogP contribution is 2.30. The Kier molecular flexibility index (Phi) is 10.9. The lowest BCUT2D eigenvalue weighted by Crippen LogP contribution is -2.56. The van der Waals surface area contributed by atoms with Crippen LogP contribution >= 0.6 is 22.6 Å². The van der Waals surface area contributed by atoms with E-state index in [4.69, 9.17) is 14.6 Å². The summed E-state index contributed by atoms with van der Waals surface area (Å²) in [6.45, 7) is 4.38. The molecule has 0 bridgehead atoms. The normalized spacial score (nSPS) is 20.6. The van der Waals surface area contributed by atoms with Crippen molar-refractivity contribution in [1.82, 2.24) is 10.2 Å². The Labute approximate surface area is 203 Å². The lowest BCUT2D eigenvalue weighted by Gasteiger charge is -2.40. The first-order chi connectivity index (χ1) is 15.3. The molecule has 2 amide bonds. The van der Waals surface area contributed by atoms with Gasteiger partial charge in [0.05, 0.1) is 16.2 Å². The molecule has 0 saturated heterocycles. The maximum Gasteiger partial charge on any atom is 0.248 e. The van der Waals surface area contributed by atoms with Crippen molar-refractivity contribution in [3.8, 4) is 5.75 Å². The van der Waals surface area contributed by atoms with Crippen LogP contribution in [0.25, 0.3) is 0 Å². The molecule has 32 heavy (non-hydrogen) atoms. The van der Waals surface area contributed by atoms with Crippen LogP contribution in [0.4, 0.5) is 0 Å². The predicted molar refractivity (Wildman–Crippen MR) is 129 cm³/mol. The molecule has 1 aromatic carbocycles. The molecule has 1 aliphatic carbocycles. The number of carbonyl (C=O) groups excluding carboxylic acids is 2. The molecular formula is C23H33IN2O6. The first kappa shape index (κ1) is 26.6. The molecule has 3 unspecified atom stereocenters. The number of benzene rings is 1. The van der Waals surface area contributed by atoms with Crippen molar-refractivity contribution in [1.29, 1.82) is 0 Å². The Balaban J connectivity index is 2.37. The Morgan fingerprint density at radius 2 is 2.03 bits per heavy atom. The van der Waals surface area contributed by atoms with E-state index in [1.165, 1.54) is 7.11 Å². The number of hydrogen-bond donors (Lipinski definition) is 3. The van der Waals surface area contributed by atoms with Gasteiger partial charge in [-0.1, -0.05) is 26.0 Å². The van der Waals surface area contributed by atoms with Gasteiger partial charge in [0.25, 0.3) is 0 Å². The van der Waals surface area contributed by atoms with E-state index in [9.17, 15) is 14.7 Å².